The summed E-state index contributed by atoms with van der Waals surface area (Å²) in [6.07, 6.45) is 0.902. The second kappa shape index (κ2) is 4.66. The molecule has 5 heteroatoms. The molecule has 1 aliphatic heterocycles. The summed E-state index contributed by atoms with van der Waals surface area (Å²) >= 11 is 0. The summed E-state index contributed by atoms with van der Waals surface area (Å²) in [6.45, 7) is 3.53. The SMILES string of the molecule is Cc1nc(-c2ccc(F)c(F)c2)nc2c1CCNC2. The first-order chi connectivity index (χ1) is 9.15. The smallest absolute Gasteiger partial charge is 0.159 e. The van der Waals surface area contributed by atoms with E-state index in [0.717, 1.165) is 42.0 Å². The van der Waals surface area contributed by atoms with Crippen molar-refractivity contribution in [1.82, 2.24) is 15.3 Å². The first kappa shape index (κ1) is 12.2. The minimum Gasteiger partial charge on any atom is -0.311 e. The highest BCUT2D eigenvalue weighted by Crippen LogP contribution is 2.22. The average Bonchev–Trinajstić information content (AvgIpc) is 2.42. The number of aromatic nitrogens is 2. The molecule has 1 aromatic heterocycles. The fourth-order valence-electron chi connectivity index (χ4n) is 2.31. The Morgan fingerprint density at radius 3 is 2.79 bits per heavy atom. The van der Waals surface area contributed by atoms with E-state index >= 15 is 0 Å². The van der Waals surface area contributed by atoms with Gasteiger partial charge in [0.15, 0.2) is 17.5 Å². The third-order valence-corrected chi connectivity index (χ3v) is 3.32. The molecule has 0 spiro atoms. The summed E-state index contributed by atoms with van der Waals surface area (Å²) in [7, 11) is 0. The molecule has 1 aromatic carbocycles. The van der Waals surface area contributed by atoms with Gasteiger partial charge in [0.2, 0.25) is 0 Å². The number of rotatable bonds is 1. The van der Waals surface area contributed by atoms with Gasteiger partial charge in [0.05, 0.1) is 5.69 Å². The van der Waals surface area contributed by atoms with E-state index in [1.165, 1.54) is 6.07 Å². The summed E-state index contributed by atoms with van der Waals surface area (Å²) in [6, 6.07) is 3.73. The first-order valence-electron chi connectivity index (χ1n) is 6.17. The fraction of sp³-hybridized carbons (Fsp3) is 0.286. The number of benzene rings is 1. The molecule has 1 N–H and O–H groups in total. The Labute approximate surface area is 109 Å². The van der Waals surface area contributed by atoms with Crippen LogP contribution >= 0.6 is 0 Å². The Morgan fingerprint density at radius 2 is 2.00 bits per heavy atom. The lowest BCUT2D eigenvalue weighted by molar-refractivity contribution is 0.509. The molecule has 0 saturated heterocycles. The molecule has 2 heterocycles. The van der Waals surface area contributed by atoms with Crippen molar-refractivity contribution in [2.45, 2.75) is 19.9 Å². The molecule has 0 unspecified atom stereocenters. The van der Waals surface area contributed by atoms with Gasteiger partial charge in [0.25, 0.3) is 0 Å². The number of nitrogens with zero attached hydrogens (tertiary/aromatic N) is 2. The minimum atomic E-state index is -0.880. The highest BCUT2D eigenvalue weighted by Gasteiger charge is 2.16. The van der Waals surface area contributed by atoms with Gasteiger partial charge in [-0.15, -0.1) is 0 Å². The third-order valence-electron chi connectivity index (χ3n) is 3.32. The van der Waals surface area contributed by atoms with E-state index in [1.54, 1.807) is 0 Å². The van der Waals surface area contributed by atoms with E-state index in [0.29, 0.717) is 17.9 Å². The number of hydrogen-bond acceptors (Lipinski definition) is 3. The summed E-state index contributed by atoms with van der Waals surface area (Å²) in [5, 5.41) is 3.24. The molecule has 2 aromatic rings. The van der Waals surface area contributed by atoms with Gasteiger partial charge in [0, 0.05) is 17.8 Å². The molecule has 0 amide bonds. The molecule has 0 atom stereocenters. The van der Waals surface area contributed by atoms with Crippen molar-refractivity contribution in [2.75, 3.05) is 6.54 Å². The Hall–Kier alpha value is -1.88. The number of nitrogens with one attached hydrogen (secondary N) is 1. The Balaban J connectivity index is 2.10. The molecule has 3 rings (SSSR count). The van der Waals surface area contributed by atoms with Gasteiger partial charge in [-0.1, -0.05) is 0 Å². The summed E-state index contributed by atoms with van der Waals surface area (Å²) < 4.78 is 26.2. The maximum absolute atomic E-state index is 13.3. The van der Waals surface area contributed by atoms with Crippen molar-refractivity contribution in [3.05, 3.63) is 46.8 Å². The number of hydrogen-bond donors (Lipinski definition) is 1. The zero-order valence-electron chi connectivity index (χ0n) is 10.5. The Morgan fingerprint density at radius 1 is 1.16 bits per heavy atom. The lowest BCUT2D eigenvalue weighted by Gasteiger charge is -2.18. The normalized spacial score (nSPS) is 14.3. The Bertz CT molecular complexity index is 641. The van der Waals surface area contributed by atoms with Gasteiger partial charge < -0.3 is 5.32 Å². The lowest BCUT2D eigenvalue weighted by Crippen LogP contribution is -2.26. The van der Waals surface area contributed by atoms with E-state index in [1.807, 2.05) is 6.92 Å². The molecule has 0 fully saturated rings. The first-order valence-corrected chi connectivity index (χ1v) is 6.17. The third kappa shape index (κ3) is 2.21. The molecule has 19 heavy (non-hydrogen) atoms. The maximum atomic E-state index is 13.3. The van der Waals surface area contributed by atoms with E-state index in [9.17, 15) is 8.78 Å². The van der Waals surface area contributed by atoms with Crippen LogP contribution < -0.4 is 5.32 Å². The van der Waals surface area contributed by atoms with Gasteiger partial charge in [-0.25, -0.2) is 18.7 Å². The van der Waals surface area contributed by atoms with Crippen LogP contribution in [0.4, 0.5) is 8.78 Å². The molecule has 98 valence electrons. The van der Waals surface area contributed by atoms with Crippen LogP contribution in [-0.2, 0) is 13.0 Å². The van der Waals surface area contributed by atoms with Crippen LogP contribution in [0.15, 0.2) is 18.2 Å². The van der Waals surface area contributed by atoms with Gasteiger partial charge in [-0.05, 0) is 43.7 Å². The van der Waals surface area contributed by atoms with E-state index < -0.39 is 11.6 Å². The van der Waals surface area contributed by atoms with Crippen molar-refractivity contribution >= 4 is 0 Å². The van der Waals surface area contributed by atoms with Crippen LogP contribution in [0.3, 0.4) is 0 Å². The van der Waals surface area contributed by atoms with Crippen LogP contribution in [0, 0.1) is 18.6 Å². The standard InChI is InChI=1S/C14H13F2N3/c1-8-10-4-5-17-7-13(10)19-14(18-8)9-2-3-11(15)12(16)6-9/h2-3,6,17H,4-5,7H2,1H3. The average molecular weight is 261 g/mol. The van der Waals surface area contributed by atoms with Crippen molar-refractivity contribution in [1.29, 1.82) is 0 Å². The molecule has 0 radical (unpaired) electrons. The highest BCUT2D eigenvalue weighted by molar-refractivity contribution is 5.56. The van der Waals surface area contributed by atoms with Crippen LogP contribution in [0.25, 0.3) is 11.4 Å². The van der Waals surface area contributed by atoms with Crippen LogP contribution in [0.1, 0.15) is 17.0 Å². The zero-order chi connectivity index (χ0) is 13.4. The largest absolute Gasteiger partial charge is 0.311 e. The molecule has 0 bridgehead atoms. The van der Waals surface area contributed by atoms with Gasteiger partial charge >= 0.3 is 0 Å². The predicted octanol–water partition coefficient (Wildman–Crippen LogP) is 2.38. The quantitative estimate of drug-likeness (QED) is 0.856. The molecule has 0 aliphatic carbocycles. The number of halogens is 2. The minimum absolute atomic E-state index is 0.443. The summed E-state index contributed by atoms with van der Waals surface area (Å²) in [5.74, 6) is -1.30. The molecule has 0 saturated carbocycles. The number of fused-ring (bicyclic) bond motifs is 1. The van der Waals surface area contributed by atoms with Crippen LogP contribution in [0.5, 0.6) is 0 Å². The topological polar surface area (TPSA) is 37.8 Å². The summed E-state index contributed by atoms with van der Waals surface area (Å²) in [5.41, 5.74) is 3.50. The molecular weight excluding hydrogens is 248 g/mol. The van der Waals surface area contributed by atoms with E-state index in [4.69, 9.17) is 0 Å². The zero-order valence-corrected chi connectivity index (χ0v) is 10.5. The number of aryl methyl sites for hydroxylation is 1. The lowest BCUT2D eigenvalue weighted by atomic mass is 10.0. The summed E-state index contributed by atoms with van der Waals surface area (Å²) in [4.78, 5) is 8.85. The van der Waals surface area contributed by atoms with E-state index in [2.05, 4.69) is 15.3 Å². The van der Waals surface area contributed by atoms with Crippen molar-refractivity contribution in [3.8, 4) is 11.4 Å². The fourth-order valence-corrected chi connectivity index (χ4v) is 2.31. The van der Waals surface area contributed by atoms with Crippen molar-refractivity contribution in [3.63, 3.8) is 0 Å². The molecule has 3 nitrogen and oxygen atoms in total. The predicted molar refractivity (Wildman–Crippen MR) is 67.5 cm³/mol. The van der Waals surface area contributed by atoms with Gasteiger partial charge in [-0.2, -0.15) is 0 Å². The van der Waals surface area contributed by atoms with E-state index in [-0.39, 0.29) is 0 Å². The molecular formula is C14H13F2N3. The van der Waals surface area contributed by atoms with Gasteiger partial charge in [0.1, 0.15) is 0 Å². The second-order valence-electron chi connectivity index (χ2n) is 4.61. The molecule has 1 aliphatic rings. The van der Waals surface area contributed by atoms with Gasteiger partial charge in [-0.3, -0.25) is 0 Å². The van der Waals surface area contributed by atoms with Crippen molar-refractivity contribution in [2.24, 2.45) is 0 Å². The second-order valence-corrected chi connectivity index (χ2v) is 4.61. The highest BCUT2D eigenvalue weighted by atomic mass is 19.2. The maximum Gasteiger partial charge on any atom is 0.159 e. The van der Waals surface area contributed by atoms with Crippen LogP contribution in [-0.4, -0.2) is 16.5 Å². The monoisotopic (exact) mass is 261 g/mol. The van der Waals surface area contributed by atoms with Crippen LogP contribution in [0.2, 0.25) is 0 Å². The Kier molecular flexibility index (Phi) is 2.98. The van der Waals surface area contributed by atoms with Crippen molar-refractivity contribution < 1.29 is 8.78 Å².